The van der Waals surface area contributed by atoms with Crippen LogP contribution in [0.15, 0.2) is 24.3 Å². The van der Waals surface area contributed by atoms with E-state index < -0.39 is 0 Å². The summed E-state index contributed by atoms with van der Waals surface area (Å²) in [7, 11) is 0. The quantitative estimate of drug-likeness (QED) is 0.795. The average Bonchev–Trinajstić information content (AvgIpc) is 2.95. The molecule has 2 nitrogen and oxygen atoms in total. The summed E-state index contributed by atoms with van der Waals surface area (Å²) < 4.78 is 0. The molecule has 0 radical (unpaired) electrons. The molecule has 1 aromatic carbocycles. The van der Waals surface area contributed by atoms with Crippen LogP contribution in [-0.2, 0) is 6.42 Å². The number of rotatable bonds is 6. The van der Waals surface area contributed by atoms with E-state index in [1.54, 1.807) is 0 Å². The van der Waals surface area contributed by atoms with Crippen LogP contribution in [0.1, 0.15) is 51.0 Å². The van der Waals surface area contributed by atoms with Crippen molar-refractivity contribution < 1.29 is 0 Å². The van der Waals surface area contributed by atoms with E-state index in [0.717, 1.165) is 12.0 Å². The van der Waals surface area contributed by atoms with E-state index in [1.807, 2.05) is 0 Å². The summed E-state index contributed by atoms with van der Waals surface area (Å²) in [5.41, 5.74) is 3.00. The lowest BCUT2D eigenvalue weighted by atomic mass is 9.84. The second kappa shape index (κ2) is 7.31. The lowest BCUT2D eigenvalue weighted by Gasteiger charge is -2.29. The summed E-state index contributed by atoms with van der Waals surface area (Å²) in [5.74, 6) is 0.974. The first-order valence-electron chi connectivity index (χ1n) is 8.93. The highest BCUT2D eigenvalue weighted by Crippen LogP contribution is 2.28. The zero-order valence-electron chi connectivity index (χ0n) is 13.5. The van der Waals surface area contributed by atoms with Gasteiger partial charge in [-0.2, -0.15) is 0 Å². The Balaban J connectivity index is 1.37. The Labute approximate surface area is 129 Å². The Hall–Kier alpha value is -1.02. The van der Waals surface area contributed by atoms with E-state index in [1.165, 1.54) is 75.8 Å². The van der Waals surface area contributed by atoms with E-state index in [-0.39, 0.29) is 0 Å². The molecule has 1 aromatic rings. The first kappa shape index (κ1) is 14.9. The highest BCUT2D eigenvalue weighted by molar-refractivity contribution is 5.57. The van der Waals surface area contributed by atoms with Crippen molar-refractivity contribution in [2.45, 2.75) is 57.9 Å². The molecule has 0 amide bonds. The van der Waals surface area contributed by atoms with Gasteiger partial charge in [-0.15, -0.1) is 0 Å². The number of fused-ring (bicyclic) bond motifs is 1. The third-order valence-electron chi connectivity index (χ3n) is 5.38. The largest absolute Gasteiger partial charge is 0.371 e. The molecule has 2 unspecified atom stereocenters. The predicted molar refractivity (Wildman–Crippen MR) is 91.0 cm³/mol. The average molecular weight is 286 g/mol. The van der Waals surface area contributed by atoms with Crippen LogP contribution < -0.4 is 10.2 Å². The Kier molecular flexibility index (Phi) is 5.18. The van der Waals surface area contributed by atoms with Gasteiger partial charge >= 0.3 is 0 Å². The summed E-state index contributed by atoms with van der Waals surface area (Å²) in [4.78, 5) is 2.56. The van der Waals surface area contributed by atoms with E-state index in [9.17, 15) is 0 Å². The van der Waals surface area contributed by atoms with E-state index >= 15 is 0 Å². The molecule has 1 N–H and O–H groups in total. The van der Waals surface area contributed by atoms with Gasteiger partial charge in [-0.1, -0.05) is 44.4 Å². The fourth-order valence-electron chi connectivity index (χ4n) is 4.06. The number of nitrogens with zero attached hydrogens (tertiary/aromatic N) is 1. The normalized spacial score (nSPS) is 25.1. The summed E-state index contributed by atoms with van der Waals surface area (Å²) in [6.07, 6.45) is 9.54. The molecular weight excluding hydrogens is 256 g/mol. The van der Waals surface area contributed by atoms with E-state index in [0.29, 0.717) is 0 Å². The smallest absolute Gasteiger partial charge is 0.0399 e. The van der Waals surface area contributed by atoms with Crippen molar-refractivity contribution in [2.24, 2.45) is 5.92 Å². The molecule has 1 fully saturated rings. The molecule has 2 heteroatoms. The molecule has 21 heavy (non-hydrogen) atoms. The van der Waals surface area contributed by atoms with Crippen LogP contribution in [0.4, 0.5) is 5.69 Å². The van der Waals surface area contributed by atoms with Gasteiger partial charge in [0.25, 0.3) is 0 Å². The van der Waals surface area contributed by atoms with Crippen molar-refractivity contribution in [3.8, 4) is 0 Å². The fourth-order valence-corrected chi connectivity index (χ4v) is 4.06. The van der Waals surface area contributed by atoms with Crippen LogP contribution in [0.25, 0.3) is 0 Å². The SMILES string of the molecule is CCC1CCCC(NCCCN2CCc3ccccc32)C1. The summed E-state index contributed by atoms with van der Waals surface area (Å²) >= 11 is 0. The van der Waals surface area contributed by atoms with Gasteiger partial charge < -0.3 is 10.2 Å². The van der Waals surface area contributed by atoms with Gasteiger partial charge in [-0.3, -0.25) is 0 Å². The molecule has 2 atom stereocenters. The standard InChI is InChI=1S/C19H30N2/c1-2-16-7-5-9-18(15-16)20-12-6-13-21-14-11-17-8-3-4-10-19(17)21/h3-4,8,10,16,18,20H,2,5-7,9,11-15H2,1H3. The van der Waals surface area contributed by atoms with Gasteiger partial charge in [0.2, 0.25) is 0 Å². The van der Waals surface area contributed by atoms with Gasteiger partial charge in [0.15, 0.2) is 0 Å². The molecule has 0 bridgehead atoms. The minimum absolute atomic E-state index is 0.787. The number of benzene rings is 1. The summed E-state index contributed by atoms with van der Waals surface area (Å²) in [6, 6.07) is 9.68. The Bertz CT molecular complexity index is 443. The molecule has 0 spiro atoms. The first-order valence-corrected chi connectivity index (χ1v) is 8.93. The summed E-state index contributed by atoms with van der Waals surface area (Å²) in [5, 5.41) is 3.81. The minimum atomic E-state index is 0.787. The molecule has 116 valence electrons. The van der Waals surface area contributed by atoms with Gasteiger partial charge in [0.05, 0.1) is 0 Å². The third kappa shape index (κ3) is 3.79. The maximum atomic E-state index is 3.81. The Morgan fingerprint density at radius 1 is 1.24 bits per heavy atom. The van der Waals surface area contributed by atoms with Crippen LogP contribution in [0.5, 0.6) is 0 Å². The van der Waals surface area contributed by atoms with Crippen molar-refractivity contribution in [2.75, 3.05) is 24.5 Å². The second-order valence-electron chi connectivity index (χ2n) is 6.81. The van der Waals surface area contributed by atoms with Crippen molar-refractivity contribution in [3.63, 3.8) is 0 Å². The molecule has 1 saturated carbocycles. The van der Waals surface area contributed by atoms with Gasteiger partial charge in [0.1, 0.15) is 0 Å². The van der Waals surface area contributed by atoms with Gasteiger partial charge in [0, 0.05) is 24.8 Å². The molecule has 1 heterocycles. The highest BCUT2D eigenvalue weighted by Gasteiger charge is 2.20. The number of anilines is 1. The van der Waals surface area contributed by atoms with Crippen LogP contribution in [0, 0.1) is 5.92 Å². The van der Waals surface area contributed by atoms with Crippen LogP contribution in [0.2, 0.25) is 0 Å². The van der Waals surface area contributed by atoms with E-state index in [4.69, 9.17) is 0 Å². The van der Waals surface area contributed by atoms with Crippen LogP contribution >= 0.6 is 0 Å². The van der Waals surface area contributed by atoms with Crippen molar-refractivity contribution in [1.82, 2.24) is 5.32 Å². The molecule has 1 aliphatic heterocycles. The monoisotopic (exact) mass is 286 g/mol. The minimum Gasteiger partial charge on any atom is -0.371 e. The molecule has 3 rings (SSSR count). The third-order valence-corrected chi connectivity index (χ3v) is 5.38. The number of nitrogens with one attached hydrogen (secondary N) is 1. The Morgan fingerprint density at radius 3 is 3.05 bits per heavy atom. The maximum absolute atomic E-state index is 3.81. The van der Waals surface area contributed by atoms with Crippen LogP contribution in [-0.4, -0.2) is 25.7 Å². The van der Waals surface area contributed by atoms with Crippen molar-refractivity contribution in [3.05, 3.63) is 29.8 Å². The zero-order valence-corrected chi connectivity index (χ0v) is 13.5. The van der Waals surface area contributed by atoms with Crippen LogP contribution in [0.3, 0.4) is 0 Å². The maximum Gasteiger partial charge on any atom is 0.0399 e. The molecule has 2 aliphatic rings. The number of hydrogen-bond donors (Lipinski definition) is 1. The van der Waals surface area contributed by atoms with Gasteiger partial charge in [-0.25, -0.2) is 0 Å². The van der Waals surface area contributed by atoms with Crippen molar-refractivity contribution in [1.29, 1.82) is 0 Å². The zero-order chi connectivity index (χ0) is 14.5. The molecular formula is C19H30N2. The molecule has 0 saturated heterocycles. The Morgan fingerprint density at radius 2 is 2.14 bits per heavy atom. The number of hydrogen-bond acceptors (Lipinski definition) is 2. The predicted octanol–water partition coefficient (Wildman–Crippen LogP) is 4.00. The van der Waals surface area contributed by atoms with Crippen molar-refractivity contribution >= 4 is 5.69 Å². The molecule has 1 aliphatic carbocycles. The lowest BCUT2D eigenvalue weighted by Crippen LogP contribution is -2.36. The topological polar surface area (TPSA) is 15.3 Å². The van der Waals surface area contributed by atoms with Gasteiger partial charge in [-0.05, 0) is 49.8 Å². The fraction of sp³-hybridized carbons (Fsp3) is 0.684. The number of para-hydroxylation sites is 1. The highest BCUT2D eigenvalue weighted by atomic mass is 15.1. The second-order valence-corrected chi connectivity index (χ2v) is 6.81. The lowest BCUT2D eigenvalue weighted by molar-refractivity contribution is 0.279. The summed E-state index contributed by atoms with van der Waals surface area (Å²) in [6.45, 7) is 5.94. The van der Waals surface area contributed by atoms with E-state index in [2.05, 4.69) is 41.4 Å². The first-order chi connectivity index (χ1) is 10.4. The molecule has 0 aromatic heterocycles.